The van der Waals surface area contributed by atoms with E-state index in [9.17, 15) is 4.79 Å². The lowest BCUT2D eigenvalue weighted by Gasteiger charge is -2.14. The average molecular weight is 301 g/mol. The average Bonchev–Trinajstić information content (AvgIpc) is 2.74. The van der Waals surface area contributed by atoms with E-state index in [1.54, 1.807) is 0 Å². The first kappa shape index (κ1) is 11.8. The SMILES string of the molecule is O=C(NCC1=CCNCC1)c1ccc(Br)s1. The molecule has 0 bridgehead atoms. The van der Waals surface area contributed by atoms with Gasteiger partial charge in [-0.25, -0.2) is 0 Å². The van der Waals surface area contributed by atoms with Gasteiger partial charge in [0.15, 0.2) is 0 Å². The molecular weight excluding hydrogens is 288 g/mol. The molecule has 5 heteroatoms. The molecule has 2 heterocycles. The maximum absolute atomic E-state index is 11.7. The van der Waals surface area contributed by atoms with Crippen molar-refractivity contribution < 1.29 is 4.79 Å². The van der Waals surface area contributed by atoms with Gasteiger partial charge in [-0.3, -0.25) is 4.79 Å². The van der Waals surface area contributed by atoms with E-state index < -0.39 is 0 Å². The maximum atomic E-state index is 11.7. The van der Waals surface area contributed by atoms with Gasteiger partial charge in [0.05, 0.1) is 8.66 Å². The Hall–Kier alpha value is -0.650. The Morgan fingerprint density at radius 3 is 3.06 bits per heavy atom. The summed E-state index contributed by atoms with van der Waals surface area (Å²) in [6, 6.07) is 3.73. The van der Waals surface area contributed by atoms with Crippen LogP contribution in [0, 0.1) is 0 Å². The van der Waals surface area contributed by atoms with Crippen LogP contribution in [0.3, 0.4) is 0 Å². The smallest absolute Gasteiger partial charge is 0.261 e. The number of thiophene rings is 1. The van der Waals surface area contributed by atoms with E-state index in [0.29, 0.717) is 6.54 Å². The largest absolute Gasteiger partial charge is 0.348 e. The Kier molecular flexibility index (Phi) is 4.15. The van der Waals surface area contributed by atoms with Gasteiger partial charge >= 0.3 is 0 Å². The first-order valence-corrected chi connectivity index (χ1v) is 6.79. The fourth-order valence-electron chi connectivity index (χ4n) is 1.55. The van der Waals surface area contributed by atoms with E-state index >= 15 is 0 Å². The van der Waals surface area contributed by atoms with Gasteiger partial charge in [0, 0.05) is 13.1 Å². The van der Waals surface area contributed by atoms with Crippen LogP contribution in [0.15, 0.2) is 27.6 Å². The minimum atomic E-state index is 0.00938. The van der Waals surface area contributed by atoms with Crippen molar-refractivity contribution in [3.05, 3.63) is 32.4 Å². The Labute approximate surface area is 107 Å². The van der Waals surface area contributed by atoms with Crippen molar-refractivity contribution in [1.82, 2.24) is 10.6 Å². The third-order valence-corrected chi connectivity index (χ3v) is 4.05. The van der Waals surface area contributed by atoms with Gasteiger partial charge in [-0.05, 0) is 41.0 Å². The fourth-order valence-corrected chi connectivity index (χ4v) is 2.85. The summed E-state index contributed by atoms with van der Waals surface area (Å²) in [5.74, 6) is 0.00938. The molecule has 1 aliphatic heterocycles. The molecule has 3 nitrogen and oxygen atoms in total. The van der Waals surface area contributed by atoms with Crippen LogP contribution in [0.2, 0.25) is 0 Å². The summed E-state index contributed by atoms with van der Waals surface area (Å²) < 4.78 is 0.985. The summed E-state index contributed by atoms with van der Waals surface area (Å²) in [5, 5.41) is 6.18. The van der Waals surface area contributed by atoms with Crippen molar-refractivity contribution in [2.24, 2.45) is 0 Å². The van der Waals surface area contributed by atoms with E-state index in [4.69, 9.17) is 0 Å². The highest BCUT2D eigenvalue weighted by atomic mass is 79.9. The van der Waals surface area contributed by atoms with Crippen LogP contribution in [-0.4, -0.2) is 25.5 Å². The van der Waals surface area contributed by atoms with Crippen molar-refractivity contribution >= 4 is 33.2 Å². The predicted molar refractivity (Wildman–Crippen MR) is 69.9 cm³/mol. The highest BCUT2D eigenvalue weighted by molar-refractivity contribution is 9.11. The third-order valence-electron chi connectivity index (χ3n) is 2.43. The second-order valence-corrected chi connectivity index (χ2v) is 6.07. The molecule has 0 aromatic carbocycles. The van der Waals surface area contributed by atoms with Gasteiger partial charge in [0.2, 0.25) is 0 Å². The molecule has 2 rings (SSSR count). The molecule has 1 aliphatic rings. The summed E-state index contributed by atoms with van der Waals surface area (Å²) in [5.41, 5.74) is 1.31. The van der Waals surface area contributed by atoms with Gasteiger partial charge in [0.25, 0.3) is 5.91 Å². The second-order valence-electron chi connectivity index (χ2n) is 3.60. The minimum absolute atomic E-state index is 0.00938. The van der Waals surface area contributed by atoms with E-state index in [0.717, 1.165) is 28.2 Å². The van der Waals surface area contributed by atoms with E-state index in [2.05, 4.69) is 32.6 Å². The predicted octanol–water partition coefficient (Wildman–Crippen LogP) is 2.16. The zero-order valence-corrected chi connectivity index (χ0v) is 11.2. The second kappa shape index (κ2) is 5.61. The van der Waals surface area contributed by atoms with Crippen molar-refractivity contribution in [1.29, 1.82) is 0 Å². The van der Waals surface area contributed by atoms with Crippen LogP contribution in [0.4, 0.5) is 0 Å². The molecule has 0 unspecified atom stereocenters. The van der Waals surface area contributed by atoms with Crippen LogP contribution in [0.5, 0.6) is 0 Å². The lowest BCUT2D eigenvalue weighted by molar-refractivity contribution is 0.0960. The standard InChI is InChI=1S/C11H13BrN2OS/c12-10-2-1-9(16-10)11(15)14-7-8-3-5-13-6-4-8/h1-3,13H,4-7H2,(H,14,15). The lowest BCUT2D eigenvalue weighted by Crippen LogP contribution is -2.29. The molecule has 0 spiro atoms. The number of nitrogens with one attached hydrogen (secondary N) is 2. The van der Waals surface area contributed by atoms with Crippen LogP contribution < -0.4 is 10.6 Å². The highest BCUT2D eigenvalue weighted by Crippen LogP contribution is 2.21. The van der Waals surface area contributed by atoms with Gasteiger partial charge < -0.3 is 10.6 Å². The highest BCUT2D eigenvalue weighted by Gasteiger charge is 2.09. The number of carbonyl (C=O) groups is 1. The number of hydrogen-bond acceptors (Lipinski definition) is 3. The summed E-state index contributed by atoms with van der Waals surface area (Å²) in [6.45, 7) is 2.58. The molecule has 2 N–H and O–H groups in total. The summed E-state index contributed by atoms with van der Waals surface area (Å²) in [6.07, 6.45) is 3.17. The molecule has 0 saturated carbocycles. The van der Waals surface area contributed by atoms with Gasteiger partial charge in [-0.1, -0.05) is 11.6 Å². The molecule has 0 saturated heterocycles. The van der Waals surface area contributed by atoms with Gasteiger partial charge in [-0.2, -0.15) is 0 Å². The molecule has 16 heavy (non-hydrogen) atoms. The Balaban J connectivity index is 1.86. The van der Waals surface area contributed by atoms with Gasteiger partial charge in [-0.15, -0.1) is 11.3 Å². The molecule has 1 aromatic rings. The molecular formula is C11H13BrN2OS. The normalized spacial score (nSPS) is 15.7. The van der Waals surface area contributed by atoms with E-state index in [-0.39, 0.29) is 5.91 Å². The quantitative estimate of drug-likeness (QED) is 0.840. The number of hydrogen-bond donors (Lipinski definition) is 2. The topological polar surface area (TPSA) is 41.1 Å². The van der Waals surface area contributed by atoms with Crippen molar-refractivity contribution in [3.63, 3.8) is 0 Å². The summed E-state index contributed by atoms with van der Waals surface area (Å²) in [4.78, 5) is 12.5. The minimum Gasteiger partial charge on any atom is -0.348 e. The van der Waals surface area contributed by atoms with Crippen LogP contribution in [0.25, 0.3) is 0 Å². The monoisotopic (exact) mass is 300 g/mol. The van der Waals surface area contributed by atoms with Crippen molar-refractivity contribution in [2.45, 2.75) is 6.42 Å². The number of carbonyl (C=O) groups excluding carboxylic acids is 1. The molecule has 1 amide bonds. The Bertz CT molecular complexity index is 414. The zero-order chi connectivity index (χ0) is 11.4. The third kappa shape index (κ3) is 3.17. The summed E-state index contributed by atoms with van der Waals surface area (Å²) in [7, 11) is 0. The van der Waals surface area contributed by atoms with E-state index in [1.165, 1.54) is 16.9 Å². The number of rotatable bonds is 3. The lowest BCUT2D eigenvalue weighted by atomic mass is 10.1. The van der Waals surface area contributed by atoms with E-state index in [1.807, 2.05) is 12.1 Å². The molecule has 0 radical (unpaired) electrons. The van der Waals surface area contributed by atoms with Crippen molar-refractivity contribution in [3.8, 4) is 0 Å². The molecule has 0 atom stereocenters. The van der Waals surface area contributed by atoms with Crippen molar-refractivity contribution in [2.75, 3.05) is 19.6 Å². The van der Waals surface area contributed by atoms with Crippen LogP contribution >= 0.6 is 27.3 Å². The molecule has 86 valence electrons. The van der Waals surface area contributed by atoms with Crippen LogP contribution in [-0.2, 0) is 0 Å². The first-order chi connectivity index (χ1) is 7.75. The molecule has 0 fully saturated rings. The molecule has 1 aromatic heterocycles. The maximum Gasteiger partial charge on any atom is 0.261 e. The fraction of sp³-hybridized carbons (Fsp3) is 0.364. The van der Waals surface area contributed by atoms with Crippen LogP contribution in [0.1, 0.15) is 16.1 Å². The number of halogens is 1. The van der Waals surface area contributed by atoms with Gasteiger partial charge in [0.1, 0.15) is 0 Å². The zero-order valence-electron chi connectivity index (χ0n) is 8.75. The summed E-state index contributed by atoms with van der Waals surface area (Å²) >= 11 is 4.80. The Morgan fingerprint density at radius 2 is 2.44 bits per heavy atom. The molecule has 0 aliphatic carbocycles. The Morgan fingerprint density at radius 1 is 1.56 bits per heavy atom. The number of amides is 1. The first-order valence-electron chi connectivity index (χ1n) is 5.18.